The maximum absolute atomic E-state index is 5.34. The summed E-state index contributed by atoms with van der Waals surface area (Å²) in [5, 5.41) is 0. The number of rotatable bonds is 0. The Kier molecular flexibility index (Phi) is 1.53. The molecular formula is C5H6ClNO. The van der Waals surface area contributed by atoms with Crippen LogP contribution >= 0.6 is 11.6 Å². The fourth-order valence-electron chi connectivity index (χ4n) is 0.471. The van der Waals surface area contributed by atoms with E-state index in [-0.39, 0.29) is 6.04 Å². The fraction of sp³-hybridized carbons (Fsp3) is 0.400. The van der Waals surface area contributed by atoms with Crippen LogP contribution in [0, 0.1) is 0 Å². The van der Waals surface area contributed by atoms with E-state index in [4.69, 9.17) is 16.3 Å². The Labute approximate surface area is 52.8 Å². The van der Waals surface area contributed by atoms with Gasteiger partial charge in [0, 0.05) is 5.54 Å². The normalized spacial score (nSPS) is 31.2. The molecule has 1 unspecified atom stereocenters. The van der Waals surface area contributed by atoms with E-state index in [1.165, 1.54) is 11.9 Å². The number of halogens is 1. The SMILES string of the molecule is CC1N=COC1=CCl. The van der Waals surface area contributed by atoms with Crippen molar-refractivity contribution in [3.63, 3.8) is 0 Å². The molecule has 8 heavy (non-hydrogen) atoms. The molecule has 0 radical (unpaired) electrons. The average molecular weight is 132 g/mol. The van der Waals surface area contributed by atoms with E-state index < -0.39 is 0 Å². The summed E-state index contributed by atoms with van der Waals surface area (Å²) in [6.07, 6.45) is 1.40. The van der Waals surface area contributed by atoms with Crippen molar-refractivity contribution >= 4 is 18.0 Å². The van der Waals surface area contributed by atoms with Crippen LogP contribution in [0.1, 0.15) is 6.92 Å². The van der Waals surface area contributed by atoms with E-state index in [0.29, 0.717) is 5.76 Å². The zero-order valence-corrected chi connectivity index (χ0v) is 5.22. The fourth-order valence-corrected chi connectivity index (χ4v) is 0.705. The van der Waals surface area contributed by atoms with Crippen molar-refractivity contribution < 1.29 is 4.74 Å². The molecule has 44 valence electrons. The van der Waals surface area contributed by atoms with Gasteiger partial charge in [0.25, 0.3) is 0 Å². The smallest absolute Gasteiger partial charge is 0.177 e. The lowest BCUT2D eigenvalue weighted by molar-refractivity contribution is 0.436. The minimum Gasteiger partial charge on any atom is -0.447 e. The molecule has 0 fully saturated rings. The Hall–Kier alpha value is -0.500. The van der Waals surface area contributed by atoms with Crippen molar-refractivity contribution in [3.05, 3.63) is 11.3 Å². The van der Waals surface area contributed by atoms with Crippen molar-refractivity contribution in [1.29, 1.82) is 0 Å². The van der Waals surface area contributed by atoms with Gasteiger partial charge in [-0.1, -0.05) is 11.6 Å². The van der Waals surface area contributed by atoms with Crippen LogP contribution < -0.4 is 0 Å². The van der Waals surface area contributed by atoms with E-state index in [2.05, 4.69) is 4.99 Å². The first-order valence-corrected chi connectivity index (χ1v) is 2.77. The third-order valence-corrected chi connectivity index (χ3v) is 1.21. The van der Waals surface area contributed by atoms with Gasteiger partial charge in [0.05, 0.1) is 0 Å². The Morgan fingerprint density at radius 2 is 2.75 bits per heavy atom. The van der Waals surface area contributed by atoms with E-state index in [1.54, 1.807) is 0 Å². The van der Waals surface area contributed by atoms with Gasteiger partial charge >= 0.3 is 0 Å². The van der Waals surface area contributed by atoms with Gasteiger partial charge in [-0.05, 0) is 6.92 Å². The van der Waals surface area contributed by atoms with Gasteiger partial charge in [0.2, 0.25) is 0 Å². The Morgan fingerprint density at radius 1 is 2.00 bits per heavy atom. The van der Waals surface area contributed by atoms with E-state index in [9.17, 15) is 0 Å². The van der Waals surface area contributed by atoms with Crippen LogP contribution in [0.3, 0.4) is 0 Å². The number of hydrogen-bond acceptors (Lipinski definition) is 2. The molecule has 0 aromatic rings. The second-order valence-electron chi connectivity index (χ2n) is 1.56. The molecule has 1 rings (SSSR count). The molecule has 2 nitrogen and oxygen atoms in total. The molecule has 1 aliphatic heterocycles. The second-order valence-corrected chi connectivity index (χ2v) is 1.78. The van der Waals surface area contributed by atoms with Gasteiger partial charge in [-0.3, -0.25) is 0 Å². The first-order chi connectivity index (χ1) is 3.84. The molecule has 0 spiro atoms. The number of ether oxygens (including phenoxy) is 1. The Balaban J connectivity index is 2.64. The van der Waals surface area contributed by atoms with Crippen LogP contribution in [0.25, 0.3) is 0 Å². The van der Waals surface area contributed by atoms with Crippen molar-refractivity contribution in [2.75, 3.05) is 0 Å². The molecule has 1 heterocycles. The third kappa shape index (κ3) is 0.842. The predicted octanol–water partition coefficient (Wildman–Crippen LogP) is 1.51. The number of hydrogen-bond donors (Lipinski definition) is 0. The minimum absolute atomic E-state index is 0.104. The zero-order valence-electron chi connectivity index (χ0n) is 4.47. The molecule has 0 saturated heterocycles. The van der Waals surface area contributed by atoms with Gasteiger partial charge in [0.1, 0.15) is 11.8 Å². The number of nitrogens with zero attached hydrogens (tertiary/aromatic N) is 1. The molecule has 0 saturated carbocycles. The maximum atomic E-state index is 5.34. The van der Waals surface area contributed by atoms with Crippen LogP contribution in [0.2, 0.25) is 0 Å². The molecule has 0 aromatic carbocycles. The molecule has 0 aliphatic carbocycles. The minimum atomic E-state index is 0.104. The molecule has 1 atom stereocenters. The van der Waals surface area contributed by atoms with Gasteiger partial charge in [0.15, 0.2) is 6.40 Å². The average Bonchev–Trinajstić information content (AvgIpc) is 2.14. The lowest BCUT2D eigenvalue weighted by Crippen LogP contribution is -1.95. The first kappa shape index (κ1) is 5.63. The standard InChI is InChI=1S/C5H6ClNO/c1-4-5(2-6)8-3-7-4/h2-4H,1H3. The van der Waals surface area contributed by atoms with Gasteiger partial charge in [-0.15, -0.1) is 0 Å². The lowest BCUT2D eigenvalue weighted by atomic mass is 10.3. The summed E-state index contributed by atoms with van der Waals surface area (Å²) in [7, 11) is 0. The monoisotopic (exact) mass is 131 g/mol. The highest BCUT2D eigenvalue weighted by Gasteiger charge is 2.11. The first-order valence-electron chi connectivity index (χ1n) is 2.33. The van der Waals surface area contributed by atoms with Crippen molar-refractivity contribution in [1.82, 2.24) is 0 Å². The molecule has 0 aromatic heterocycles. The van der Waals surface area contributed by atoms with Crippen LogP contribution in [0.15, 0.2) is 16.3 Å². The largest absolute Gasteiger partial charge is 0.447 e. The molecule has 0 N–H and O–H groups in total. The highest BCUT2D eigenvalue weighted by atomic mass is 35.5. The van der Waals surface area contributed by atoms with Crippen molar-refractivity contribution in [2.24, 2.45) is 4.99 Å². The summed E-state index contributed by atoms with van der Waals surface area (Å²) < 4.78 is 4.85. The predicted molar refractivity (Wildman–Crippen MR) is 33.0 cm³/mol. The van der Waals surface area contributed by atoms with E-state index in [0.717, 1.165) is 0 Å². The summed E-state index contributed by atoms with van der Waals surface area (Å²) >= 11 is 5.34. The highest BCUT2D eigenvalue weighted by molar-refractivity contribution is 6.25. The molecule has 0 amide bonds. The topological polar surface area (TPSA) is 21.6 Å². The quantitative estimate of drug-likeness (QED) is 0.489. The molecule has 1 aliphatic rings. The molecule has 0 bridgehead atoms. The third-order valence-electron chi connectivity index (χ3n) is 0.993. The van der Waals surface area contributed by atoms with Gasteiger partial charge in [-0.2, -0.15) is 0 Å². The summed E-state index contributed by atoms with van der Waals surface area (Å²) in [4.78, 5) is 3.89. The molecular weight excluding hydrogens is 126 g/mol. The van der Waals surface area contributed by atoms with Crippen LogP contribution in [-0.2, 0) is 4.74 Å². The zero-order chi connectivity index (χ0) is 5.98. The second kappa shape index (κ2) is 2.18. The highest BCUT2D eigenvalue weighted by Crippen LogP contribution is 2.12. The van der Waals surface area contributed by atoms with Crippen LogP contribution in [0.5, 0.6) is 0 Å². The van der Waals surface area contributed by atoms with E-state index >= 15 is 0 Å². The Bertz CT molecular complexity index is 141. The Morgan fingerprint density at radius 3 is 3.00 bits per heavy atom. The van der Waals surface area contributed by atoms with Crippen LogP contribution in [-0.4, -0.2) is 12.4 Å². The van der Waals surface area contributed by atoms with Crippen molar-refractivity contribution in [3.8, 4) is 0 Å². The van der Waals surface area contributed by atoms with E-state index in [1.807, 2.05) is 6.92 Å². The van der Waals surface area contributed by atoms with Gasteiger partial charge < -0.3 is 4.74 Å². The van der Waals surface area contributed by atoms with Crippen molar-refractivity contribution in [2.45, 2.75) is 13.0 Å². The maximum Gasteiger partial charge on any atom is 0.177 e. The van der Waals surface area contributed by atoms with Gasteiger partial charge in [-0.25, -0.2) is 4.99 Å². The lowest BCUT2D eigenvalue weighted by Gasteiger charge is -1.96. The summed E-state index contributed by atoms with van der Waals surface area (Å²) in [5.74, 6) is 0.715. The molecule has 3 heteroatoms. The summed E-state index contributed by atoms with van der Waals surface area (Å²) in [6, 6.07) is 0.104. The summed E-state index contributed by atoms with van der Waals surface area (Å²) in [5.41, 5.74) is 1.40. The summed E-state index contributed by atoms with van der Waals surface area (Å²) in [6.45, 7) is 1.91. The van der Waals surface area contributed by atoms with Crippen LogP contribution in [0.4, 0.5) is 0 Å². The number of aliphatic imine (C=N–C) groups is 1.